The summed E-state index contributed by atoms with van der Waals surface area (Å²) in [6.07, 6.45) is 0. The first-order valence-corrected chi connectivity index (χ1v) is 13.6. The third-order valence-corrected chi connectivity index (χ3v) is 7.76. The minimum absolute atomic E-state index is 0.108. The van der Waals surface area contributed by atoms with Gasteiger partial charge in [-0.05, 0) is 61.0 Å². The quantitative estimate of drug-likeness (QED) is 0.215. The minimum atomic E-state index is -0.315. The molecule has 7 heteroatoms. The third kappa shape index (κ3) is 6.07. The molecule has 1 heterocycles. The minimum Gasteiger partial charge on any atom is -0.322 e. The van der Waals surface area contributed by atoms with E-state index in [9.17, 15) is 9.59 Å². The van der Waals surface area contributed by atoms with Gasteiger partial charge in [-0.3, -0.25) is 9.59 Å². The van der Waals surface area contributed by atoms with Crippen molar-refractivity contribution in [1.29, 1.82) is 0 Å². The highest BCUT2D eigenvalue weighted by Crippen LogP contribution is 2.28. The number of aromatic nitrogens is 1. The fraction of sp³-hybridized carbons (Fsp3) is 0.100. The molecule has 0 aliphatic carbocycles. The van der Waals surface area contributed by atoms with Crippen molar-refractivity contribution >= 4 is 56.5 Å². The molecule has 1 unspecified atom stereocenters. The van der Waals surface area contributed by atoms with Crippen LogP contribution in [0.2, 0.25) is 0 Å². The summed E-state index contributed by atoms with van der Waals surface area (Å²) >= 11 is 2.87. The highest BCUT2D eigenvalue weighted by Gasteiger charge is 2.17. The van der Waals surface area contributed by atoms with Gasteiger partial charge in [0.2, 0.25) is 5.91 Å². The summed E-state index contributed by atoms with van der Waals surface area (Å²) in [4.78, 5) is 31.0. The summed E-state index contributed by atoms with van der Waals surface area (Å²) in [5.74, 6) is -0.268. The maximum atomic E-state index is 12.7. The molecule has 1 atom stereocenters. The number of anilines is 2. The van der Waals surface area contributed by atoms with E-state index in [0.29, 0.717) is 16.4 Å². The lowest BCUT2D eigenvalue weighted by molar-refractivity contribution is -0.115. The Balaban J connectivity index is 1.16. The summed E-state index contributed by atoms with van der Waals surface area (Å²) in [6, 6.07) is 29.3. The number of hydrogen-bond acceptors (Lipinski definition) is 5. The highest BCUT2D eigenvalue weighted by molar-refractivity contribution is 8.00. The maximum Gasteiger partial charge on any atom is 0.255 e. The predicted molar refractivity (Wildman–Crippen MR) is 155 cm³/mol. The highest BCUT2D eigenvalue weighted by atomic mass is 32.2. The van der Waals surface area contributed by atoms with E-state index in [2.05, 4.69) is 15.6 Å². The predicted octanol–water partition coefficient (Wildman–Crippen LogP) is 7.64. The Morgan fingerprint density at radius 1 is 0.865 bits per heavy atom. The zero-order chi connectivity index (χ0) is 25.8. The lowest BCUT2D eigenvalue weighted by atomic mass is 10.1. The molecule has 2 N–H and O–H groups in total. The van der Waals surface area contributed by atoms with Gasteiger partial charge in [0.25, 0.3) is 5.91 Å². The molecule has 184 valence electrons. The molecule has 2 amide bonds. The van der Waals surface area contributed by atoms with Crippen molar-refractivity contribution < 1.29 is 9.59 Å². The summed E-state index contributed by atoms with van der Waals surface area (Å²) in [6.45, 7) is 3.91. The van der Waals surface area contributed by atoms with Gasteiger partial charge in [0.15, 0.2) is 5.13 Å². The van der Waals surface area contributed by atoms with Gasteiger partial charge < -0.3 is 10.6 Å². The van der Waals surface area contributed by atoms with Crippen molar-refractivity contribution in [3.63, 3.8) is 0 Å². The van der Waals surface area contributed by atoms with Gasteiger partial charge in [-0.15, -0.1) is 23.1 Å². The van der Waals surface area contributed by atoms with Crippen molar-refractivity contribution in [1.82, 2.24) is 4.98 Å². The van der Waals surface area contributed by atoms with Crippen molar-refractivity contribution in [2.75, 3.05) is 10.6 Å². The second-order valence-corrected chi connectivity index (χ2v) is 11.0. The normalized spacial score (nSPS) is 11.7. The van der Waals surface area contributed by atoms with Crippen LogP contribution in [0.25, 0.3) is 22.0 Å². The molecule has 0 aliphatic rings. The number of nitrogens with zero attached hydrogens (tertiary/aromatic N) is 1. The molecule has 5 nitrogen and oxygen atoms in total. The fourth-order valence-electron chi connectivity index (χ4n) is 3.80. The van der Waals surface area contributed by atoms with Crippen LogP contribution in [0.15, 0.2) is 101 Å². The van der Waals surface area contributed by atoms with E-state index in [1.54, 1.807) is 0 Å². The van der Waals surface area contributed by atoms with E-state index in [0.717, 1.165) is 26.9 Å². The number of hydrogen-bond donors (Lipinski definition) is 2. The molecule has 37 heavy (non-hydrogen) atoms. The lowest BCUT2D eigenvalue weighted by Gasteiger charge is -2.11. The number of aryl methyl sites for hydroxylation is 1. The number of nitrogens with one attached hydrogen (secondary N) is 2. The van der Waals surface area contributed by atoms with Crippen LogP contribution in [0.3, 0.4) is 0 Å². The Labute approximate surface area is 224 Å². The Hall–Kier alpha value is -3.94. The largest absolute Gasteiger partial charge is 0.322 e. The van der Waals surface area contributed by atoms with Crippen LogP contribution in [-0.4, -0.2) is 22.0 Å². The van der Waals surface area contributed by atoms with Crippen LogP contribution in [-0.2, 0) is 4.79 Å². The monoisotopic (exact) mass is 523 g/mol. The molecule has 0 bridgehead atoms. The molecule has 0 saturated carbocycles. The van der Waals surface area contributed by atoms with Crippen molar-refractivity contribution in [2.24, 2.45) is 0 Å². The van der Waals surface area contributed by atoms with Crippen LogP contribution in [0, 0.1) is 6.92 Å². The molecule has 5 rings (SSSR count). The fourth-order valence-corrected chi connectivity index (χ4v) is 5.39. The summed E-state index contributed by atoms with van der Waals surface area (Å²) in [5, 5.41) is 10.2. The van der Waals surface area contributed by atoms with E-state index in [-0.39, 0.29) is 17.1 Å². The van der Waals surface area contributed by atoms with Gasteiger partial charge in [-0.25, -0.2) is 4.98 Å². The smallest absolute Gasteiger partial charge is 0.255 e. The van der Waals surface area contributed by atoms with Crippen LogP contribution in [0.5, 0.6) is 0 Å². The molecule has 0 saturated heterocycles. The number of fused-ring (bicyclic) bond motifs is 1. The molecule has 1 aromatic heterocycles. The number of carbonyl (C=O) groups excluding carboxylic acids is 2. The molecule has 0 spiro atoms. The lowest BCUT2D eigenvalue weighted by Crippen LogP contribution is -2.22. The Kier molecular flexibility index (Phi) is 7.35. The first-order valence-electron chi connectivity index (χ1n) is 11.8. The summed E-state index contributed by atoms with van der Waals surface area (Å²) < 4.78 is 0. The van der Waals surface area contributed by atoms with Crippen LogP contribution in [0.1, 0.15) is 22.8 Å². The van der Waals surface area contributed by atoms with E-state index in [1.165, 1.54) is 28.7 Å². The number of thiazole rings is 1. The average Bonchev–Trinajstić information content (AvgIpc) is 3.38. The SMILES string of the molecule is Cc1ccc(-c2csc(NC(=O)C(C)Sc3ccc(NC(=O)c4ccc5ccccc5c4)cc3)n2)cc1. The molecule has 0 aliphatic heterocycles. The van der Waals surface area contributed by atoms with Crippen molar-refractivity contribution in [3.8, 4) is 11.3 Å². The molecule has 5 aromatic rings. The Morgan fingerprint density at radius 2 is 1.59 bits per heavy atom. The van der Waals surface area contributed by atoms with Crippen LogP contribution in [0.4, 0.5) is 10.8 Å². The topological polar surface area (TPSA) is 71.1 Å². The van der Waals surface area contributed by atoms with Crippen molar-refractivity contribution in [2.45, 2.75) is 24.0 Å². The molecule has 4 aromatic carbocycles. The van der Waals surface area contributed by atoms with Gasteiger partial charge >= 0.3 is 0 Å². The first-order chi connectivity index (χ1) is 17.9. The van der Waals surface area contributed by atoms with Gasteiger partial charge in [-0.1, -0.05) is 60.2 Å². The first kappa shape index (κ1) is 24.7. The number of thioether (sulfide) groups is 1. The summed E-state index contributed by atoms with van der Waals surface area (Å²) in [7, 11) is 0. The zero-order valence-electron chi connectivity index (χ0n) is 20.4. The number of carbonyl (C=O) groups is 2. The molecule has 0 fully saturated rings. The number of amides is 2. The van der Waals surface area contributed by atoms with Crippen LogP contribution < -0.4 is 10.6 Å². The van der Waals surface area contributed by atoms with Gasteiger partial charge in [0.05, 0.1) is 10.9 Å². The zero-order valence-corrected chi connectivity index (χ0v) is 22.0. The van der Waals surface area contributed by atoms with Gasteiger partial charge in [0.1, 0.15) is 0 Å². The Morgan fingerprint density at radius 3 is 2.35 bits per heavy atom. The van der Waals surface area contributed by atoms with Gasteiger partial charge in [-0.2, -0.15) is 0 Å². The average molecular weight is 524 g/mol. The van der Waals surface area contributed by atoms with E-state index in [1.807, 2.05) is 110 Å². The second kappa shape index (κ2) is 11.0. The van der Waals surface area contributed by atoms with Crippen LogP contribution >= 0.6 is 23.1 Å². The number of rotatable bonds is 7. The van der Waals surface area contributed by atoms with Gasteiger partial charge in [0, 0.05) is 27.1 Å². The molecular weight excluding hydrogens is 498 g/mol. The Bertz CT molecular complexity index is 1560. The number of benzene rings is 4. The molecular formula is C30H25N3O2S2. The second-order valence-electron chi connectivity index (χ2n) is 8.69. The van der Waals surface area contributed by atoms with E-state index < -0.39 is 0 Å². The summed E-state index contributed by atoms with van der Waals surface area (Å²) in [5.41, 5.74) is 4.37. The maximum absolute atomic E-state index is 12.7. The van der Waals surface area contributed by atoms with E-state index >= 15 is 0 Å². The standard InChI is InChI=1S/C30H25N3O2S2/c1-19-7-9-22(10-8-19)27-18-36-30(32-27)33-28(34)20(2)37-26-15-13-25(14-16-26)31-29(35)24-12-11-21-5-3-4-6-23(21)17-24/h3-18,20H,1-2H3,(H,31,35)(H,32,33,34). The third-order valence-electron chi connectivity index (χ3n) is 5.89. The van der Waals surface area contributed by atoms with Crippen molar-refractivity contribution in [3.05, 3.63) is 108 Å². The molecule has 0 radical (unpaired) electrons. The van der Waals surface area contributed by atoms with E-state index in [4.69, 9.17) is 0 Å².